The SMILES string of the molecule is CCC(=O)NCCc1csc(C2CCCN(C(=O)c3ccc(OC)cc3)C2)n1. The van der Waals surface area contributed by atoms with Crippen molar-refractivity contribution >= 4 is 23.2 Å². The van der Waals surface area contributed by atoms with Crippen LogP contribution in [0, 0.1) is 0 Å². The Kier molecular flexibility index (Phi) is 7.03. The van der Waals surface area contributed by atoms with E-state index in [1.165, 1.54) is 0 Å². The molecule has 1 aliphatic rings. The van der Waals surface area contributed by atoms with Crippen LogP contribution < -0.4 is 10.1 Å². The van der Waals surface area contributed by atoms with Gasteiger partial charge in [0.25, 0.3) is 5.91 Å². The van der Waals surface area contributed by atoms with E-state index in [4.69, 9.17) is 9.72 Å². The molecule has 7 heteroatoms. The summed E-state index contributed by atoms with van der Waals surface area (Å²) in [4.78, 5) is 30.9. The monoisotopic (exact) mass is 401 g/mol. The number of benzene rings is 1. The highest BCUT2D eigenvalue weighted by Gasteiger charge is 2.27. The van der Waals surface area contributed by atoms with Crippen LogP contribution in [0.2, 0.25) is 0 Å². The van der Waals surface area contributed by atoms with E-state index in [9.17, 15) is 9.59 Å². The highest BCUT2D eigenvalue weighted by molar-refractivity contribution is 7.09. The Morgan fingerprint density at radius 2 is 2.11 bits per heavy atom. The van der Waals surface area contributed by atoms with Crippen molar-refractivity contribution in [2.75, 3.05) is 26.7 Å². The first-order valence-corrected chi connectivity index (χ1v) is 10.6. The molecular formula is C21H27N3O3S. The summed E-state index contributed by atoms with van der Waals surface area (Å²) in [6, 6.07) is 7.27. The Bertz CT molecular complexity index is 803. The number of ether oxygens (including phenoxy) is 1. The third-order valence-electron chi connectivity index (χ3n) is 4.99. The van der Waals surface area contributed by atoms with E-state index >= 15 is 0 Å². The Morgan fingerprint density at radius 1 is 1.32 bits per heavy atom. The van der Waals surface area contributed by atoms with Gasteiger partial charge in [-0.2, -0.15) is 0 Å². The van der Waals surface area contributed by atoms with Crippen molar-refractivity contribution in [1.82, 2.24) is 15.2 Å². The van der Waals surface area contributed by atoms with Gasteiger partial charge in [-0.05, 0) is 37.1 Å². The fourth-order valence-electron chi connectivity index (χ4n) is 3.36. The van der Waals surface area contributed by atoms with Gasteiger partial charge in [0.1, 0.15) is 5.75 Å². The summed E-state index contributed by atoms with van der Waals surface area (Å²) in [5, 5.41) is 6.04. The molecule has 1 aromatic heterocycles. The average molecular weight is 402 g/mol. The number of hydrogen-bond acceptors (Lipinski definition) is 5. The summed E-state index contributed by atoms with van der Waals surface area (Å²) in [6.07, 6.45) is 3.27. The maximum atomic E-state index is 12.8. The number of methoxy groups -OCH3 is 1. The van der Waals surface area contributed by atoms with Crippen LogP contribution in [-0.2, 0) is 11.2 Å². The third kappa shape index (κ3) is 5.10. The van der Waals surface area contributed by atoms with Crippen molar-refractivity contribution in [3.05, 3.63) is 45.9 Å². The smallest absolute Gasteiger partial charge is 0.253 e. The number of amides is 2. The zero-order valence-electron chi connectivity index (χ0n) is 16.4. The van der Waals surface area contributed by atoms with Gasteiger partial charge in [-0.25, -0.2) is 4.98 Å². The van der Waals surface area contributed by atoms with Crippen molar-refractivity contribution in [3.63, 3.8) is 0 Å². The Labute approximate surface area is 169 Å². The maximum Gasteiger partial charge on any atom is 0.253 e. The van der Waals surface area contributed by atoms with Crippen molar-refractivity contribution in [3.8, 4) is 5.75 Å². The summed E-state index contributed by atoms with van der Waals surface area (Å²) in [5.74, 6) is 1.15. The summed E-state index contributed by atoms with van der Waals surface area (Å²) in [7, 11) is 1.62. The van der Waals surface area contributed by atoms with Crippen LogP contribution in [0.3, 0.4) is 0 Å². The number of nitrogens with zero attached hydrogens (tertiary/aromatic N) is 2. The van der Waals surface area contributed by atoms with Gasteiger partial charge in [0.2, 0.25) is 5.91 Å². The highest BCUT2D eigenvalue weighted by atomic mass is 32.1. The molecule has 3 rings (SSSR count). The van der Waals surface area contributed by atoms with Gasteiger partial charge < -0.3 is 15.0 Å². The minimum atomic E-state index is 0.0615. The number of likely N-dealkylation sites (tertiary alicyclic amines) is 1. The van der Waals surface area contributed by atoms with Crippen molar-refractivity contribution in [1.29, 1.82) is 0 Å². The third-order valence-corrected chi connectivity index (χ3v) is 6.04. The molecule has 0 spiro atoms. The molecule has 2 aromatic rings. The van der Waals surface area contributed by atoms with Crippen LogP contribution in [0.25, 0.3) is 0 Å². The van der Waals surface area contributed by atoms with E-state index in [0.717, 1.165) is 42.3 Å². The normalized spacial score (nSPS) is 16.6. The predicted octanol–water partition coefficient (Wildman–Crippen LogP) is 3.24. The highest BCUT2D eigenvalue weighted by Crippen LogP contribution is 2.30. The molecule has 1 unspecified atom stereocenters. The molecule has 6 nitrogen and oxygen atoms in total. The van der Waals surface area contributed by atoms with Crippen molar-refractivity contribution < 1.29 is 14.3 Å². The molecule has 150 valence electrons. The standard InChI is InChI=1S/C21H27N3O3S/c1-3-19(25)22-11-10-17-14-28-20(23-17)16-5-4-12-24(13-16)21(26)15-6-8-18(27-2)9-7-15/h6-9,14,16H,3-5,10-13H2,1-2H3,(H,22,25). The maximum absolute atomic E-state index is 12.8. The molecule has 0 saturated carbocycles. The number of piperidine rings is 1. The minimum absolute atomic E-state index is 0.0615. The second-order valence-corrected chi connectivity index (χ2v) is 7.84. The van der Waals surface area contributed by atoms with Gasteiger partial charge >= 0.3 is 0 Å². The van der Waals surface area contributed by atoms with Crippen LogP contribution in [0.15, 0.2) is 29.6 Å². The van der Waals surface area contributed by atoms with Gasteiger partial charge in [-0.1, -0.05) is 6.92 Å². The number of carbonyl (C=O) groups excluding carboxylic acids is 2. The summed E-state index contributed by atoms with van der Waals surface area (Å²) < 4.78 is 5.16. The molecule has 1 atom stereocenters. The Balaban J connectivity index is 1.58. The number of rotatable bonds is 7. The zero-order chi connectivity index (χ0) is 19.9. The van der Waals surface area contributed by atoms with Gasteiger partial charge in [0.15, 0.2) is 0 Å². The molecule has 0 bridgehead atoms. The zero-order valence-corrected chi connectivity index (χ0v) is 17.3. The van der Waals surface area contributed by atoms with Crippen molar-refractivity contribution in [2.24, 2.45) is 0 Å². The van der Waals surface area contributed by atoms with E-state index in [2.05, 4.69) is 10.7 Å². The summed E-state index contributed by atoms with van der Waals surface area (Å²) in [6.45, 7) is 3.94. The number of aromatic nitrogens is 1. The fraction of sp³-hybridized carbons (Fsp3) is 0.476. The number of thiazole rings is 1. The Morgan fingerprint density at radius 3 is 2.82 bits per heavy atom. The van der Waals surface area contributed by atoms with Gasteiger partial charge in [-0.15, -0.1) is 11.3 Å². The molecule has 1 aliphatic heterocycles. The van der Waals surface area contributed by atoms with Crippen molar-refractivity contribution in [2.45, 2.75) is 38.5 Å². The lowest BCUT2D eigenvalue weighted by atomic mass is 9.98. The molecule has 2 amide bonds. The van der Waals surface area contributed by atoms with E-state index < -0.39 is 0 Å². The molecule has 0 aliphatic carbocycles. The van der Waals surface area contributed by atoms with Crippen LogP contribution >= 0.6 is 11.3 Å². The van der Waals surface area contributed by atoms with Crippen LogP contribution in [0.4, 0.5) is 0 Å². The second-order valence-electron chi connectivity index (χ2n) is 6.95. The lowest BCUT2D eigenvalue weighted by molar-refractivity contribution is -0.120. The van der Waals surface area contributed by atoms with E-state index in [1.807, 2.05) is 36.1 Å². The number of nitrogens with one attached hydrogen (secondary N) is 1. The first kappa shape index (κ1) is 20.3. The molecule has 28 heavy (non-hydrogen) atoms. The molecule has 1 fully saturated rings. The average Bonchev–Trinajstić information content (AvgIpc) is 3.22. The van der Waals surface area contributed by atoms with E-state index in [1.54, 1.807) is 18.4 Å². The van der Waals surface area contributed by atoms with Crippen LogP contribution in [0.5, 0.6) is 5.75 Å². The summed E-state index contributed by atoms with van der Waals surface area (Å²) >= 11 is 1.66. The van der Waals surface area contributed by atoms with Crippen LogP contribution in [-0.4, -0.2) is 48.4 Å². The molecule has 1 aromatic carbocycles. The fourth-order valence-corrected chi connectivity index (χ4v) is 4.34. The number of carbonyl (C=O) groups is 2. The predicted molar refractivity (Wildman–Crippen MR) is 110 cm³/mol. The molecule has 0 radical (unpaired) electrons. The lowest BCUT2D eigenvalue weighted by Crippen LogP contribution is -2.39. The summed E-state index contributed by atoms with van der Waals surface area (Å²) in [5.41, 5.74) is 1.70. The quantitative estimate of drug-likeness (QED) is 0.773. The molecule has 1 saturated heterocycles. The van der Waals surface area contributed by atoms with E-state index in [-0.39, 0.29) is 17.7 Å². The van der Waals surface area contributed by atoms with Gasteiger partial charge in [-0.3, -0.25) is 9.59 Å². The second kappa shape index (κ2) is 9.68. The Hall–Kier alpha value is -2.41. The first-order valence-electron chi connectivity index (χ1n) is 9.75. The lowest BCUT2D eigenvalue weighted by Gasteiger charge is -2.32. The minimum Gasteiger partial charge on any atom is -0.497 e. The van der Waals surface area contributed by atoms with Gasteiger partial charge in [0.05, 0.1) is 17.8 Å². The number of hydrogen-bond donors (Lipinski definition) is 1. The van der Waals surface area contributed by atoms with E-state index in [0.29, 0.717) is 25.1 Å². The topological polar surface area (TPSA) is 71.5 Å². The largest absolute Gasteiger partial charge is 0.497 e. The van der Waals surface area contributed by atoms with Crippen LogP contribution in [0.1, 0.15) is 53.2 Å². The first-order chi connectivity index (χ1) is 13.6. The molecule has 1 N–H and O–H groups in total. The van der Waals surface area contributed by atoms with Gasteiger partial charge in [0, 0.05) is 49.3 Å². The molecular weight excluding hydrogens is 374 g/mol. The molecule has 2 heterocycles.